The fraction of sp³-hybridized carbons (Fsp3) is 0.375. The zero-order chi connectivity index (χ0) is 14.8. The first-order valence-electron chi connectivity index (χ1n) is 7.14. The molecule has 0 bridgehead atoms. The fourth-order valence-electron chi connectivity index (χ4n) is 3.00. The van der Waals surface area contributed by atoms with Crippen molar-refractivity contribution in [1.82, 2.24) is 9.47 Å². The van der Waals surface area contributed by atoms with Crippen molar-refractivity contribution in [2.75, 3.05) is 13.1 Å². The summed E-state index contributed by atoms with van der Waals surface area (Å²) in [6.45, 7) is 2.11. The average Bonchev–Trinajstić information content (AvgIpc) is 2.90. The Morgan fingerprint density at radius 3 is 2.76 bits per heavy atom. The molecule has 1 amide bonds. The first-order chi connectivity index (χ1) is 10.2. The van der Waals surface area contributed by atoms with E-state index in [9.17, 15) is 4.79 Å². The highest BCUT2D eigenvalue weighted by Gasteiger charge is 2.22. The maximum atomic E-state index is 10.9. The van der Waals surface area contributed by atoms with E-state index < -0.39 is 6.09 Å². The largest absolute Gasteiger partial charge is 0.465 e. The number of fused-ring (bicyclic) bond motifs is 1. The number of rotatable bonds is 2. The summed E-state index contributed by atoms with van der Waals surface area (Å²) in [6, 6.07) is 9.95. The lowest BCUT2D eigenvalue weighted by Crippen LogP contribution is -2.38. The van der Waals surface area contributed by atoms with E-state index in [1.807, 2.05) is 18.2 Å². The summed E-state index contributed by atoms with van der Waals surface area (Å²) in [7, 11) is 0. The molecule has 108 valence electrons. The average molecular weight is 283 g/mol. The van der Waals surface area contributed by atoms with Gasteiger partial charge in [0.2, 0.25) is 0 Å². The predicted molar refractivity (Wildman–Crippen MR) is 79.0 cm³/mol. The molecule has 0 saturated carbocycles. The zero-order valence-corrected chi connectivity index (χ0v) is 11.7. The van der Waals surface area contributed by atoms with E-state index in [1.165, 1.54) is 4.90 Å². The maximum Gasteiger partial charge on any atom is 0.407 e. The summed E-state index contributed by atoms with van der Waals surface area (Å²) in [6.07, 6.45) is 3.02. The number of nitrogens with zero attached hydrogens (tertiary/aromatic N) is 3. The van der Waals surface area contributed by atoms with Gasteiger partial charge in [0, 0.05) is 31.3 Å². The lowest BCUT2D eigenvalue weighted by atomic mass is 9.97. The number of piperidine rings is 1. The molecule has 1 saturated heterocycles. The minimum atomic E-state index is -0.821. The predicted octanol–water partition coefficient (Wildman–Crippen LogP) is 2.90. The van der Waals surface area contributed by atoms with Crippen molar-refractivity contribution in [3.8, 4) is 6.07 Å². The van der Waals surface area contributed by atoms with Gasteiger partial charge in [-0.15, -0.1) is 0 Å². The van der Waals surface area contributed by atoms with E-state index in [1.54, 1.807) is 0 Å². The molecule has 1 N–H and O–H groups in total. The molecule has 0 unspecified atom stereocenters. The number of likely N-dealkylation sites (tertiary alicyclic amines) is 1. The summed E-state index contributed by atoms with van der Waals surface area (Å²) in [4.78, 5) is 12.4. The topological polar surface area (TPSA) is 69.3 Å². The van der Waals surface area contributed by atoms with Crippen LogP contribution in [0.1, 0.15) is 18.4 Å². The molecule has 1 aliphatic rings. The SMILES string of the molecule is N#Cc1ccc2ccn(CC3CCN(C(=O)O)CC3)c2c1. The molecule has 1 aliphatic heterocycles. The first kappa shape index (κ1) is 13.5. The number of carboxylic acid groups (broad SMARTS) is 1. The molecule has 1 fully saturated rings. The Bertz CT molecular complexity index is 706. The van der Waals surface area contributed by atoms with E-state index >= 15 is 0 Å². The molecule has 0 spiro atoms. The third-order valence-corrected chi connectivity index (χ3v) is 4.24. The Labute approximate surface area is 123 Å². The number of amides is 1. The molecule has 0 atom stereocenters. The standard InChI is InChI=1S/C16H17N3O2/c17-10-13-1-2-14-5-8-19(15(14)9-13)11-12-3-6-18(7-4-12)16(20)21/h1-2,5,8-9,12H,3-4,6-7,11H2,(H,20,21). The highest BCUT2D eigenvalue weighted by Crippen LogP contribution is 2.23. The van der Waals surface area contributed by atoms with Crippen LogP contribution in [0.5, 0.6) is 0 Å². The molecule has 2 heterocycles. The molecule has 5 heteroatoms. The van der Waals surface area contributed by atoms with Gasteiger partial charge >= 0.3 is 6.09 Å². The zero-order valence-electron chi connectivity index (χ0n) is 11.7. The summed E-state index contributed by atoms with van der Waals surface area (Å²) in [5.41, 5.74) is 1.75. The normalized spacial score (nSPS) is 16.0. The molecule has 1 aromatic carbocycles. The molecular formula is C16H17N3O2. The van der Waals surface area contributed by atoms with Crippen LogP contribution in [0.15, 0.2) is 30.5 Å². The van der Waals surface area contributed by atoms with E-state index in [0.717, 1.165) is 30.3 Å². The summed E-state index contributed by atoms with van der Waals surface area (Å²) in [5, 5.41) is 19.1. The molecule has 1 aromatic heterocycles. The van der Waals surface area contributed by atoms with Crippen LogP contribution in [-0.2, 0) is 6.54 Å². The van der Waals surface area contributed by atoms with Crippen molar-refractivity contribution in [3.63, 3.8) is 0 Å². The van der Waals surface area contributed by atoms with Crippen LogP contribution < -0.4 is 0 Å². The smallest absolute Gasteiger partial charge is 0.407 e. The number of carbonyl (C=O) groups is 1. The van der Waals surface area contributed by atoms with Gasteiger partial charge in [-0.2, -0.15) is 5.26 Å². The van der Waals surface area contributed by atoms with Gasteiger partial charge in [-0.05, 0) is 42.3 Å². The summed E-state index contributed by atoms with van der Waals surface area (Å²) in [5.74, 6) is 0.488. The Morgan fingerprint density at radius 1 is 1.33 bits per heavy atom. The molecule has 5 nitrogen and oxygen atoms in total. The lowest BCUT2D eigenvalue weighted by molar-refractivity contribution is 0.122. The summed E-state index contributed by atoms with van der Waals surface area (Å²) >= 11 is 0. The van der Waals surface area contributed by atoms with Gasteiger partial charge in [-0.3, -0.25) is 0 Å². The van der Waals surface area contributed by atoms with Crippen molar-refractivity contribution in [3.05, 3.63) is 36.0 Å². The van der Waals surface area contributed by atoms with Crippen LogP contribution in [0.25, 0.3) is 10.9 Å². The Balaban J connectivity index is 1.74. The van der Waals surface area contributed by atoms with Crippen LogP contribution in [0.4, 0.5) is 4.79 Å². The molecule has 21 heavy (non-hydrogen) atoms. The third-order valence-electron chi connectivity index (χ3n) is 4.24. The minimum Gasteiger partial charge on any atom is -0.465 e. The highest BCUT2D eigenvalue weighted by atomic mass is 16.4. The molecule has 2 aromatic rings. The van der Waals surface area contributed by atoms with Crippen LogP contribution >= 0.6 is 0 Å². The quantitative estimate of drug-likeness (QED) is 0.921. The number of benzene rings is 1. The number of nitriles is 1. The molecule has 0 radical (unpaired) electrons. The van der Waals surface area contributed by atoms with Gasteiger partial charge in [0.15, 0.2) is 0 Å². The van der Waals surface area contributed by atoms with Gasteiger partial charge in [-0.25, -0.2) is 4.79 Å². The van der Waals surface area contributed by atoms with Crippen molar-refractivity contribution in [2.24, 2.45) is 5.92 Å². The lowest BCUT2D eigenvalue weighted by Gasteiger charge is -2.30. The highest BCUT2D eigenvalue weighted by molar-refractivity contribution is 5.81. The number of aromatic nitrogens is 1. The van der Waals surface area contributed by atoms with Crippen LogP contribution in [0.3, 0.4) is 0 Å². The van der Waals surface area contributed by atoms with Gasteiger partial charge in [0.25, 0.3) is 0 Å². The van der Waals surface area contributed by atoms with E-state index in [2.05, 4.69) is 22.9 Å². The molecular weight excluding hydrogens is 266 g/mol. The van der Waals surface area contributed by atoms with Gasteiger partial charge in [-0.1, -0.05) is 6.07 Å². The van der Waals surface area contributed by atoms with Crippen molar-refractivity contribution in [1.29, 1.82) is 5.26 Å². The second-order valence-corrected chi connectivity index (χ2v) is 5.57. The monoisotopic (exact) mass is 283 g/mol. The summed E-state index contributed by atoms with van der Waals surface area (Å²) < 4.78 is 2.18. The maximum absolute atomic E-state index is 10.9. The van der Waals surface area contributed by atoms with Gasteiger partial charge < -0.3 is 14.6 Å². The van der Waals surface area contributed by atoms with Crippen molar-refractivity contribution in [2.45, 2.75) is 19.4 Å². The van der Waals surface area contributed by atoms with E-state index in [0.29, 0.717) is 24.6 Å². The Kier molecular flexibility index (Phi) is 3.53. The third kappa shape index (κ3) is 2.70. The minimum absolute atomic E-state index is 0.488. The molecule has 0 aliphatic carbocycles. The Hall–Kier alpha value is -2.48. The van der Waals surface area contributed by atoms with Crippen LogP contribution in [0, 0.1) is 17.2 Å². The van der Waals surface area contributed by atoms with E-state index in [4.69, 9.17) is 10.4 Å². The molecule has 3 rings (SSSR count). The second-order valence-electron chi connectivity index (χ2n) is 5.57. The van der Waals surface area contributed by atoms with Crippen molar-refractivity contribution >= 4 is 17.0 Å². The number of hydrogen-bond donors (Lipinski definition) is 1. The van der Waals surface area contributed by atoms with Crippen molar-refractivity contribution < 1.29 is 9.90 Å². The van der Waals surface area contributed by atoms with Crippen LogP contribution in [-0.4, -0.2) is 33.8 Å². The van der Waals surface area contributed by atoms with Gasteiger partial charge in [0.05, 0.1) is 11.6 Å². The fourth-order valence-corrected chi connectivity index (χ4v) is 3.00. The number of hydrogen-bond acceptors (Lipinski definition) is 2. The van der Waals surface area contributed by atoms with Gasteiger partial charge in [0.1, 0.15) is 0 Å². The first-order valence-corrected chi connectivity index (χ1v) is 7.14. The van der Waals surface area contributed by atoms with E-state index in [-0.39, 0.29) is 0 Å². The van der Waals surface area contributed by atoms with Crippen LogP contribution in [0.2, 0.25) is 0 Å². The second kappa shape index (κ2) is 5.49. The Morgan fingerprint density at radius 2 is 2.10 bits per heavy atom.